The van der Waals surface area contributed by atoms with Crippen molar-refractivity contribution in [2.75, 3.05) is 38.1 Å². The van der Waals surface area contributed by atoms with Crippen molar-refractivity contribution in [3.63, 3.8) is 0 Å². The van der Waals surface area contributed by atoms with Crippen LogP contribution in [0, 0.1) is 0 Å². The zero-order chi connectivity index (χ0) is 28.3. The number of carbonyl (C=O) groups excluding carboxylic acids is 1. The minimum Gasteiger partial charge on any atom is -0.376 e. The van der Waals surface area contributed by atoms with Crippen molar-refractivity contribution in [2.24, 2.45) is 0 Å². The van der Waals surface area contributed by atoms with E-state index in [0.717, 1.165) is 31.8 Å². The van der Waals surface area contributed by atoms with Crippen LogP contribution in [0.5, 0.6) is 0 Å². The maximum absolute atomic E-state index is 13.8. The van der Waals surface area contributed by atoms with E-state index in [1.54, 1.807) is 35.2 Å². The summed E-state index contributed by atoms with van der Waals surface area (Å²) in [5, 5.41) is 6.71. The Morgan fingerprint density at radius 2 is 1.85 bits per heavy atom. The van der Waals surface area contributed by atoms with Gasteiger partial charge >= 0.3 is 6.18 Å². The Morgan fingerprint density at radius 3 is 2.51 bits per heavy atom. The van der Waals surface area contributed by atoms with Crippen LogP contribution < -0.4 is 10.6 Å². The number of piperidine rings is 1. The fourth-order valence-electron chi connectivity index (χ4n) is 5.04. The van der Waals surface area contributed by atoms with Crippen molar-refractivity contribution in [3.8, 4) is 0 Å². The molecule has 222 valence electrons. The molecule has 2 aliphatic rings. The van der Waals surface area contributed by atoms with E-state index in [0.29, 0.717) is 34.4 Å². The lowest BCUT2D eigenvalue weighted by molar-refractivity contribution is -0.145. The molecule has 0 radical (unpaired) electrons. The Morgan fingerprint density at radius 1 is 1.12 bits per heavy atom. The molecular formula is C27H31F5N6O2S. The summed E-state index contributed by atoms with van der Waals surface area (Å²) in [4.78, 5) is 26.4. The molecule has 0 bridgehead atoms. The zero-order valence-electron chi connectivity index (χ0n) is 22.1. The molecule has 0 spiro atoms. The number of aromatic nitrogens is 3. The van der Waals surface area contributed by atoms with E-state index in [1.807, 2.05) is 0 Å². The third kappa shape index (κ3) is 7.60. The van der Waals surface area contributed by atoms with Crippen LogP contribution in [0.4, 0.5) is 27.8 Å². The molecule has 1 unspecified atom stereocenters. The predicted octanol–water partition coefficient (Wildman–Crippen LogP) is 4.95. The van der Waals surface area contributed by atoms with Crippen LogP contribution in [-0.4, -0.2) is 70.6 Å². The third-order valence-corrected chi connectivity index (χ3v) is 7.25. The van der Waals surface area contributed by atoms with Crippen LogP contribution in [0.15, 0.2) is 42.7 Å². The lowest BCUT2D eigenvalue weighted by atomic mass is 10.0. The molecule has 0 saturated carbocycles. The lowest BCUT2D eigenvalue weighted by Crippen LogP contribution is -2.45. The summed E-state index contributed by atoms with van der Waals surface area (Å²) in [6, 6.07) is 8.04. The summed E-state index contributed by atoms with van der Waals surface area (Å²) in [6.07, 6.45) is -1.26. The predicted molar refractivity (Wildman–Crippen MR) is 147 cm³/mol. The van der Waals surface area contributed by atoms with Crippen LogP contribution in [-0.2, 0) is 10.9 Å². The van der Waals surface area contributed by atoms with E-state index in [9.17, 15) is 26.7 Å². The number of halogens is 5. The number of nitrogens with one attached hydrogen (secondary N) is 2. The maximum atomic E-state index is 13.8. The second kappa shape index (κ2) is 12.8. The number of carbonyl (C=O) groups is 1. The summed E-state index contributed by atoms with van der Waals surface area (Å²) < 4.78 is 72.2. The largest absolute Gasteiger partial charge is 0.451 e. The van der Waals surface area contributed by atoms with Crippen LogP contribution in [0.2, 0.25) is 0 Å². The smallest absolute Gasteiger partial charge is 0.376 e. The normalized spacial score (nSPS) is 19.9. The number of nitrogens with zero attached hydrogens (tertiary/aromatic N) is 4. The number of likely N-dealkylation sites (tertiary alicyclic amines) is 1. The van der Waals surface area contributed by atoms with Crippen molar-refractivity contribution in [2.45, 2.75) is 49.9 Å². The number of anilines is 1. The van der Waals surface area contributed by atoms with Crippen molar-refractivity contribution >= 4 is 36.1 Å². The molecule has 1 aromatic carbocycles. The Kier molecular flexibility index (Phi) is 9.65. The molecule has 41 heavy (non-hydrogen) atoms. The molecule has 4 heterocycles. The molecule has 0 aliphatic carbocycles. The SMILES string of the molecule is O=C(NCC(c1cnc(C(F)(F)F)nc1)N1CCC(F)(F)CC1)c1cccc2nc(NC[C@@H]3CCCO3)ccc12.S. The fourth-order valence-corrected chi connectivity index (χ4v) is 5.04. The molecule has 5 rings (SSSR count). The Labute approximate surface area is 240 Å². The van der Waals surface area contributed by atoms with E-state index in [2.05, 4.69) is 25.6 Å². The second-order valence-electron chi connectivity index (χ2n) is 10.0. The van der Waals surface area contributed by atoms with Crippen molar-refractivity contribution in [3.05, 3.63) is 59.7 Å². The van der Waals surface area contributed by atoms with Gasteiger partial charge in [-0.1, -0.05) is 6.07 Å². The zero-order valence-corrected chi connectivity index (χ0v) is 23.1. The van der Waals surface area contributed by atoms with Gasteiger partial charge in [-0.15, -0.1) is 0 Å². The van der Waals surface area contributed by atoms with E-state index in [1.165, 1.54) is 0 Å². The van der Waals surface area contributed by atoms with Crippen molar-refractivity contribution in [1.29, 1.82) is 0 Å². The van der Waals surface area contributed by atoms with Gasteiger partial charge in [-0.3, -0.25) is 9.69 Å². The first-order valence-corrected chi connectivity index (χ1v) is 13.1. The first-order chi connectivity index (χ1) is 19.1. The quantitative estimate of drug-likeness (QED) is 0.355. The molecular weight excluding hydrogens is 567 g/mol. The molecule has 2 saturated heterocycles. The fraction of sp³-hybridized carbons (Fsp3) is 0.481. The van der Waals surface area contributed by atoms with Gasteiger partial charge in [0.25, 0.3) is 11.8 Å². The lowest BCUT2D eigenvalue weighted by Gasteiger charge is -2.37. The molecule has 2 aliphatic heterocycles. The van der Waals surface area contributed by atoms with Gasteiger partial charge in [0.15, 0.2) is 0 Å². The maximum Gasteiger partial charge on any atom is 0.451 e. The number of rotatable bonds is 8. The highest BCUT2D eigenvalue weighted by molar-refractivity contribution is 7.59. The van der Waals surface area contributed by atoms with E-state index in [-0.39, 0.29) is 39.2 Å². The second-order valence-corrected chi connectivity index (χ2v) is 10.0. The molecule has 2 atom stereocenters. The summed E-state index contributed by atoms with van der Waals surface area (Å²) in [5.74, 6) is -3.87. The van der Waals surface area contributed by atoms with Crippen LogP contribution in [0.1, 0.15) is 53.5 Å². The Hall–Kier alpha value is -3.10. The average molecular weight is 599 g/mol. The average Bonchev–Trinajstić information content (AvgIpc) is 3.46. The van der Waals surface area contributed by atoms with Gasteiger partial charge in [0.1, 0.15) is 5.82 Å². The molecule has 1 amide bonds. The summed E-state index contributed by atoms with van der Waals surface area (Å²) in [7, 11) is 0. The van der Waals surface area contributed by atoms with Gasteiger partial charge < -0.3 is 15.4 Å². The number of ether oxygens (including phenoxy) is 1. The van der Waals surface area contributed by atoms with Gasteiger partial charge in [0.05, 0.1) is 17.7 Å². The summed E-state index contributed by atoms with van der Waals surface area (Å²) >= 11 is 0. The van der Waals surface area contributed by atoms with Gasteiger partial charge in [-0.05, 0) is 37.1 Å². The minimum absolute atomic E-state index is 0. The first-order valence-electron chi connectivity index (χ1n) is 13.1. The highest BCUT2D eigenvalue weighted by Gasteiger charge is 2.38. The summed E-state index contributed by atoms with van der Waals surface area (Å²) in [6.45, 7) is 1.37. The molecule has 14 heteroatoms. The third-order valence-electron chi connectivity index (χ3n) is 7.25. The first kappa shape index (κ1) is 30.8. The highest BCUT2D eigenvalue weighted by Crippen LogP contribution is 2.33. The number of fused-ring (bicyclic) bond motifs is 1. The molecule has 2 fully saturated rings. The summed E-state index contributed by atoms with van der Waals surface area (Å²) in [5.41, 5.74) is 1.26. The number of benzene rings is 1. The molecule has 3 aromatic rings. The van der Waals surface area contributed by atoms with E-state index < -0.39 is 42.7 Å². The van der Waals surface area contributed by atoms with E-state index in [4.69, 9.17) is 4.74 Å². The Bertz CT molecular complexity index is 1330. The molecule has 8 nitrogen and oxygen atoms in total. The van der Waals surface area contributed by atoms with Gasteiger partial charge in [-0.2, -0.15) is 26.7 Å². The van der Waals surface area contributed by atoms with Crippen LogP contribution >= 0.6 is 13.5 Å². The monoisotopic (exact) mass is 598 g/mol. The standard InChI is InChI=1S/C27H29F5N6O2.H2S/c28-26(29)8-10-38(11-9-26)22(17-13-35-25(36-14-17)27(30,31)32)16-34-24(39)20-4-1-5-21-19(20)6-7-23(37-21)33-15-18-3-2-12-40-18;/h1,4-7,13-14,18,22H,2-3,8-12,15-16H2,(H,33,37)(H,34,39);1H2/t18-,22?;/m0./s1. The highest BCUT2D eigenvalue weighted by atomic mass is 32.1. The molecule has 2 N–H and O–H groups in total. The Balaban J connectivity index is 0.00000387. The van der Waals surface area contributed by atoms with Crippen LogP contribution in [0.3, 0.4) is 0 Å². The number of hydrogen-bond donors (Lipinski definition) is 2. The van der Waals surface area contributed by atoms with Crippen molar-refractivity contribution < 1.29 is 31.5 Å². The van der Waals surface area contributed by atoms with Crippen molar-refractivity contribution in [1.82, 2.24) is 25.2 Å². The minimum atomic E-state index is -4.71. The van der Waals surface area contributed by atoms with Gasteiger partial charge in [0, 0.05) is 74.5 Å². The number of pyridine rings is 1. The number of alkyl halides is 5. The van der Waals surface area contributed by atoms with Crippen LogP contribution in [0.25, 0.3) is 10.9 Å². The molecule has 2 aromatic heterocycles. The number of amides is 1. The van der Waals surface area contributed by atoms with Gasteiger partial charge in [0.2, 0.25) is 5.82 Å². The number of hydrogen-bond acceptors (Lipinski definition) is 7. The topological polar surface area (TPSA) is 92.3 Å². The van der Waals surface area contributed by atoms with Gasteiger partial charge in [-0.25, -0.2) is 23.7 Å². The van der Waals surface area contributed by atoms with E-state index >= 15 is 0 Å².